The van der Waals surface area contributed by atoms with Crippen molar-refractivity contribution in [3.63, 3.8) is 0 Å². The molecule has 1 N–H and O–H groups in total. The zero-order valence-electron chi connectivity index (χ0n) is 14.0. The van der Waals surface area contributed by atoms with E-state index in [9.17, 15) is 5.11 Å². The van der Waals surface area contributed by atoms with Gasteiger partial charge in [0.15, 0.2) is 21.6 Å². The van der Waals surface area contributed by atoms with E-state index in [0.717, 1.165) is 40.7 Å². The molecule has 1 fully saturated rings. The third kappa shape index (κ3) is 2.75. The van der Waals surface area contributed by atoms with Gasteiger partial charge in [0.2, 0.25) is 6.79 Å². The number of β-amino-alcohol motifs (C(OH)–C–C–N with tert-alkyl or cyclic N) is 1. The van der Waals surface area contributed by atoms with Gasteiger partial charge >= 0.3 is 0 Å². The van der Waals surface area contributed by atoms with Gasteiger partial charge in [0, 0.05) is 30.6 Å². The van der Waals surface area contributed by atoms with Gasteiger partial charge in [0.1, 0.15) is 0 Å². The number of benzene rings is 1. The maximum absolute atomic E-state index is 10.7. The SMILES string of the molecule is O[C@@H]1CN(Cc2c(Cl)nc3sccn23)CC[C@H]1c1ccc2c(c1)OCO2. The van der Waals surface area contributed by atoms with Crippen LogP contribution >= 0.6 is 22.9 Å². The molecule has 0 saturated carbocycles. The van der Waals surface area contributed by atoms with E-state index in [-0.39, 0.29) is 12.7 Å². The smallest absolute Gasteiger partial charge is 0.231 e. The van der Waals surface area contributed by atoms with Gasteiger partial charge in [-0.15, -0.1) is 11.3 Å². The number of halogens is 1. The molecular formula is C18H18ClN3O3S. The zero-order valence-corrected chi connectivity index (χ0v) is 15.5. The fourth-order valence-electron chi connectivity index (χ4n) is 3.83. The number of ether oxygens (including phenoxy) is 2. The number of imidazole rings is 1. The molecular weight excluding hydrogens is 374 g/mol. The van der Waals surface area contributed by atoms with Crippen molar-refractivity contribution in [1.29, 1.82) is 0 Å². The number of aliphatic hydroxyl groups excluding tert-OH is 1. The molecule has 6 nitrogen and oxygen atoms in total. The Morgan fingerprint density at radius 1 is 1.31 bits per heavy atom. The van der Waals surface area contributed by atoms with Crippen LogP contribution in [-0.2, 0) is 6.54 Å². The van der Waals surface area contributed by atoms with Crippen molar-refractivity contribution in [2.45, 2.75) is 25.0 Å². The number of nitrogens with zero attached hydrogens (tertiary/aromatic N) is 3. The van der Waals surface area contributed by atoms with Crippen LogP contribution in [0.4, 0.5) is 0 Å². The van der Waals surface area contributed by atoms with Gasteiger partial charge in [-0.1, -0.05) is 17.7 Å². The van der Waals surface area contributed by atoms with Crippen LogP contribution in [0.1, 0.15) is 23.6 Å². The second-order valence-electron chi connectivity index (χ2n) is 6.72. The third-order valence-corrected chi connectivity index (χ3v) is 6.24. The van der Waals surface area contributed by atoms with Crippen molar-refractivity contribution in [3.8, 4) is 11.5 Å². The van der Waals surface area contributed by atoms with Crippen molar-refractivity contribution in [1.82, 2.24) is 14.3 Å². The molecule has 5 rings (SSSR count). The second kappa shape index (κ2) is 6.42. The molecule has 0 aliphatic carbocycles. The predicted molar refractivity (Wildman–Crippen MR) is 99.3 cm³/mol. The molecule has 26 heavy (non-hydrogen) atoms. The van der Waals surface area contributed by atoms with Gasteiger partial charge < -0.3 is 14.6 Å². The first-order valence-electron chi connectivity index (χ1n) is 8.59. The second-order valence-corrected chi connectivity index (χ2v) is 7.95. The summed E-state index contributed by atoms with van der Waals surface area (Å²) in [6.07, 6.45) is 2.43. The van der Waals surface area contributed by atoms with E-state index >= 15 is 0 Å². The Morgan fingerprint density at radius 3 is 3.08 bits per heavy atom. The number of likely N-dealkylation sites (tertiary alicyclic amines) is 1. The highest BCUT2D eigenvalue weighted by Crippen LogP contribution is 2.38. The van der Waals surface area contributed by atoms with E-state index in [4.69, 9.17) is 21.1 Å². The van der Waals surface area contributed by atoms with Crippen LogP contribution in [0.25, 0.3) is 4.96 Å². The number of rotatable bonds is 3. The highest BCUT2D eigenvalue weighted by Gasteiger charge is 2.31. The number of hydrogen-bond acceptors (Lipinski definition) is 6. The number of hydrogen-bond donors (Lipinski definition) is 1. The standard InChI is InChI=1S/C18H18ClN3O3S/c19-17-13(22-5-6-26-18(22)20-17)8-21-4-3-12(14(23)9-21)11-1-2-15-16(7-11)25-10-24-15/h1-2,5-7,12,14,23H,3-4,8-10H2/t12-,14+/m0/s1. The molecule has 3 aromatic rings. The minimum Gasteiger partial charge on any atom is -0.454 e. The van der Waals surface area contributed by atoms with Crippen molar-refractivity contribution < 1.29 is 14.6 Å². The Hall–Kier alpha value is -1.80. The number of aliphatic hydroxyl groups is 1. The molecule has 0 bridgehead atoms. The minimum absolute atomic E-state index is 0.0998. The summed E-state index contributed by atoms with van der Waals surface area (Å²) in [5, 5.41) is 13.3. The maximum Gasteiger partial charge on any atom is 0.231 e. The topological polar surface area (TPSA) is 59.2 Å². The number of aromatic nitrogens is 2. The molecule has 8 heteroatoms. The predicted octanol–water partition coefficient (Wildman–Crippen LogP) is 3.13. The van der Waals surface area contributed by atoms with Gasteiger partial charge in [-0.25, -0.2) is 4.98 Å². The Balaban J connectivity index is 1.31. The monoisotopic (exact) mass is 391 g/mol. The van der Waals surface area contributed by atoms with Crippen LogP contribution in [0.15, 0.2) is 29.8 Å². The Bertz CT molecular complexity index is 956. The summed E-state index contributed by atoms with van der Waals surface area (Å²) in [6.45, 7) is 2.45. The Morgan fingerprint density at radius 2 is 2.19 bits per heavy atom. The van der Waals surface area contributed by atoms with Crippen LogP contribution in [-0.4, -0.2) is 45.4 Å². The normalized spacial score (nSPS) is 23.0. The van der Waals surface area contributed by atoms with Crippen LogP contribution in [0.3, 0.4) is 0 Å². The molecule has 1 aromatic carbocycles. The largest absolute Gasteiger partial charge is 0.454 e. The fraction of sp³-hybridized carbons (Fsp3) is 0.389. The summed E-state index contributed by atoms with van der Waals surface area (Å²) in [5.41, 5.74) is 2.08. The lowest BCUT2D eigenvalue weighted by Crippen LogP contribution is -2.42. The van der Waals surface area contributed by atoms with E-state index < -0.39 is 6.10 Å². The number of fused-ring (bicyclic) bond motifs is 2. The van der Waals surface area contributed by atoms with Crippen molar-refractivity contribution >= 4 is 27.9 Å². The minimum atomic E-state index is -0.436. The van der Waals surface area contributed by atoms with Crippen LogP contribution in [0.2, 0.25) is 5.15 Å². The van der Waals surface area contributed by atoms with Crippen LogP contribution in [0.5, 0.6) is 11.5 Å². The lowest BCUT2D eigenvalue weighted by molar-refractivity contribution is 0.0470. The number of piperidine rings is 1. The summed E-state index contributed by atoms with van der Waals surface area (Å²) < 4.78 is 12.9. The molecule has 136 valence electrons. The first-order valence-corrected chi connectivity index (χ1v) is 9.84. The van der Waals surface area contributed by atoms with Gasteiger partial charge in [-0.05, 0) is 30.7 Å². The highest BCUT2D eigenvalue weighted by molar-refractivity contribution is 7.15. The first-order chi connectivity index (χ1) is 12.7. The fourth-order valence-corrected chi connectivity index (χ4v) is 4.85. The Kier molecular flexibility index (Phi) is 4.04. The molecule has 2 aromatic heterocycles. The average Bonchev–Trinajstić information content (AvgIpc) is 3.33. The molecule has 0 amide bonds. The summed E-state index contributed by atoms with van der Waals surface area (Å²) in [5.74, 6) is 1.64. The molecule has 2 aliphatic rings. The molecule has 0 radical (unpaired) electrons. The molecule has 1 saturated heterocycles. The van der Waals surface area contributed by atoms with E-state index in [0.29, 0.717) is 18.2 Å². The molecule has 0 unspecified atom stereocenters. The van der Waals surface area contributed by atoms with Crippen LogP contribution in [0, 0.1) is 0 Å². The van der Waals surface area contributed by atoms with Crippen molar-refractivity contribution in [2.24, 2.45) is 0 Å². The summed E-state index contributed by atoms with van der Waals surface area (Å²) >= 11 is 7.87. The summed E-state index contributed by atoms with van der Waals surface area (Å²) in [4.78, 5) is 7.53. The van der Waals surface area contributed by atoms with Crippen LogP contribution < -0.4 is 9.47 Å². The lowest BCUT2D eigenvalue weighted by Gasteiger charge is -2.36. The summed E-state index contributed by atoms with van der Waals surface area (Å²) in [7, 11) is 0. The van der Waals surface area contributed by atoms with Gasteiger partial charge in [-0.3, -0.25) is 9.30 Å². The maximum atomic E-state index is 10.7. The van der Waals surface area contributed by atoms with Gasteiger partial charge in [0.05, 0.1) is 11.8 Å². The first kappa shape index (κ1) is 16.4. The van der Waals surface area contributed by atoms with E-state index in [1.54, 1.807) is 11.3 Å². The summed E-state index contributed by atoms with van der Waals surface area (Å²) in [6, 6.07) is 5.95. The highest BCUT2D eigenvalue weighted by atomic mass is 35.5. The molecule has 4 heterocycles. The van der Waals surface area contributed by atoms with Gasteiger partial charge in [-0.2, -0.15) is 0 Å². The molecule has 2 aliphatic heterocycles. The van der Waals surface area contributed by atoms with E-state index in [2.05, 4.69) is 9.88 Å². The van der Waals surface area contributed by atoms with E-state index in [1.165, 1.54) is 0 Å². The lowest BCUT2D eigenvalue weighted by atomic mass is 9.87. The van der Waals surface area contributed by atoms with Crippen molar-refractivity contribution in [3.05, 3.63) is 46.2 Å². The zero-order chi connectivity index (χ0) is 17.7. The molecule has 0 spiro atoms. The third-order valence-electron chi connectivity index (χ3n) is 5.18. The quantitative estimate of drug-likeness (QED) is 0.743. The number of thiazole rings is 1. The molecule has 2 atom stereocenters. The Labute approximate surface area is 159 Å². The van der Waals surface area contributed by atoms with Crippen molar-refractivity contribution in [2.75, 3.05) is 19.9 Å². The van der Waals surface area contributed by atoms with E-state index in [1.807, 2.05) is 34.2 Å². The van der Waals surface area contributed by atoms with Gasteiger partial charge in [0.25, 0.3) is 0 Å². The average molecular weight is 392 g/mol.